The minimum Gasteiger partial charge on any atom is -0.402 e. The van der Waals surface area contributed by atoms with Gasteiger partial charge in [0.15, 0.2) is 11.4 Å². The fraction of sp³-hybridized carbons (Fsp3) is 0.333. The predicted molar refractivity (Wildman–Crippen MR) is 45.3 cm³/mol. The molecule has 1 aromatic heterocycles. The molecule has 1 rings (SSSR count). The maximum absolute atomic E-state index is 12.4. The fourth-order valence-electron chi connectivity index (χ4n) is 1.14. The number of halogens is 5. The molecule has 3 nitrogen and oxygen atoms in total. The molecule has 0 atom stereocenters. The Morgan fingerprint density at radius 3 is 2.41 bits per heavy atom. The Morgan fingerprint density at radius 1 is 1.41 bits per heavy atom. The summed E-state index contributed by atoms with van der Waals surface area (Å²) in [4.78, 5) is 3.20. The van der Waals surface area contributed by atoms with Gasteiger partial charge < -0.3 is 4.74 Å². The summed E-state index contributed by atoms with van der Waals surface area (Å²) in [5, 5.41) is 8.52. The first kappa shape index (κ1) is 13.2. The molecule has 0 fully saturated rings. The van der Waals surface area contributed by atoms with Gasteiger partial charge in [-0.1, -0.05) is 0 Å². The molecule has 0 saturated carbocycles. The summed E-state index contributed by atoms with van der Waals surface area (Å²) in [7, 11) is 0. The lowest BCUT2D eigenvalue weighted by Crippen LogP contribution is -2.19. The lowest BCUT2D eigenvalue weighted by molar-refractivity contribution is -0.275. The SMILES string of the molecule is Cc1c(C(F)F)cnc(C#N)c1OC(F)(F)F. The molecule has 0 aliphatic rings. The van der Waals surface area contributed by atoms with Crippen molar-refractivity contribution in [3.8, 4) is 11.8 Å². The van der Waals surface area contributed by atoms with E-state index in [1.807, 2.05) is 0 Å². The molecule has 8 heteroatoms. The highest BCUT2D eigenvalue weighted by atomic mass is 19.4. The van der Waals surface area contributed by atoms with E-state index in [1.54, 1.807) is 0 Å². The number of hydrogen-bond acceptors (Lipinski definition) is 3. The van der Waals surface area contributed by atoms with E-state index in [0.717, 1.165) is 6.92 Å². The van der Waals surface area contributed by atoms with Crippen molar-refractivity contribution in [3.63, 3.8) is 0 Å². The number of nitrogens with zero attached hydrogens (tertiary/aromatic N) is 2. The van der Waals surface area contributed by atoms with Crippen molar-refractivity contribution in [2.75, 3.05) is 0 Å². The number of hydrogen-bond donors (Lipinski definition) is 0. The van der Waals surface area contributed by atoms with Crippen LogP contribution in [0.1, 0.15) is 23.2 Å². The Labute approximate surface area is 92.4 Å². The molecule has 92 valence electrons. The van der Waals surface area contributed by atoms with Gasteiger partial charge in [-0.3, -0.25) is 0 Å². The van der Waals surface area contributed by atoms with Gasteiger partial charge in [-0.25, -0.2) is 13.8 Å². The highest BCUT2D eigenvalue weighted by Crippen LogP contribution is 2.33. The van der Waals surface area contributed by atoms with Crippen LogP contribution >= 0.6 is 0 Å². The number of nitriles is 1. The van der Waals surface area contributed by atoms with Crippen molar-refractivity contribution >= 4 is 0 Å². The third-order valence-electron chi connectivity index (χ3n) is 1.88. The lowest BCUT2D eigenvalue weighted by atomic mass is 10.1. The van der Waals surface area contributed by atoms with E-state index < -0.39 is 35.4 Å². The van der Waals surface area contributed by atoms with Crippen LogP contribution in [0.5, 0.6) is 5.75 Å². The molecule has 1 aromatic rings. The minimum atomic E-state index is -5.07. The highest BCUT2D eigenvalue weighted by Gasteiger charge is 2.34. The van der Waals surface area contributed by atoms with E-state index in [1.165, 1.54) is 6.07 Å². The predicted octanol–water partition coefficient (Wildman–Crippen LogP) is 3.10. The summed E-state index contributed by atoms with van der Waals surface area (Å²) < 4.78 is 64.4. The van der Waals surface area contributed by atoms with Gasteiger partial charge >= 0.3 is 6.36 Å². The van der Waals surface area contributed by atoms with Crippen LogP contribution in [0.3, 0.4) is 0 Å². The monoisotopic (exact) mass is 252 g/mol. The molecular weight excluding hydrogens is 247 g/mol. The van der Waals surface area contributed by atoms with E-state index in [0.29, 0.717) is 6.20 Å². The van der Waals surface area contributed by atoms with E-state index in [9.17, 15) is 22.0 Å². The average Bonchev–Trinajstić information content (AvgIpc) is 2.18. The van der Waals surface area contributed by atoms with Gasteiger partial charge in [-0.2, -0.15) is 5.26 Å². The summed E-state index contributed by atoms with van der Waals surface area (Å²) in [5.74, 6) is -0.988. The summed E-state index contributed by atoms with van der Waals surface area (Å²) >= 11 is 0. The van der Waals surface area contributed by atoms with Gasteiger partial charge in [-0.15, -0.1) is 13.2 Å². The van der Waals surface area contributed by atoms with Gasteiger partial charge in [0.05, 0.1) is 0 Å². The minimum absolute atomic E-state index is 0.455. The molecule has 0 N–H and O–H groups in total. The number of pyridine rings is 1. The van der Waals surface area contributed by atoms with Gasteiger partial charge in [0, 0.05) is 17.3 Å². The summed E-state index contributed by atoms with van der Waals surface area (Å²) in [6, 6.07) is 1.34. The Hall–Kier alpha value is -1.91. The van der Waals surface area contributed by atoms with E-state index in [4.69, 9.17) is 5.26 Å². The largest absolute Gasteiger partial charge is 0.573 e. The number of alkyl halides is 5. The van der Waals surface area contributed by atoms with E-state index in [2.05, 4.69) is 9.72 Å². The molecule has 0 unspecified atom stereocenters. The van der Waals surface area contributed by atoms with Gasteiger partial charge in [-0.05, 0) is 6.92 Å². The normalized spacial score (nSPS) is 11.4. The third-order valence-corrected chi connectivity index (χ3v) is 1.88. The van der Waals surface area contributed by atoms with Crippen molar-refractivity contribution < 1.29 is 26.7 Å². The second-order valence-corrected chi connectivity index (χ2v) is 2.98. The van der Waals surface area contributed by atoms with Crippen LogP contribution < -0.4 is 4.74 Å². The zero-order chi connectivity index (χ0) is 13.2. The fourth-order valence-corrected chi connectivity index (χ4v) is 1.14. The first-order chi connectivity index (χ1) is 7.76. The quantitative estimate of drug-likeness (QED) is 0.760. The highest BCUT2D eigenvalue weighted by molar-refractivity contribution is 5.47. The van der Waals surface area contributed by atoms with Crippen LogP contribution in [-0.2, 0) is 0 Å². The van der Waals surface area contributed by atoms with Crippen LogP contribution in [0.2, 0.25) is 0 Å². The number of rotatable bonds is 2. The molecular formula is C9H5F5N2O. The van der Waals surface area contributed by atoms with Crippen LogP contribution in [0.15, 0.2) is 6.20 Å². The molecule has 0 amide bonds. The van der Waals surface area contributed by atoms with Crippen molar-refractivity contribution in [1.29, 1.82) is 5.26 Å². The second-order valence-electron chi connectivity index (χ2n) is 2.98. The standard InChI is InChI=1S/C9H5F5N2O/c1-4-5(8(10)11)3-16-6(2-15)7(4)17-9(12,13)14/h3,8H,1H3. The van der Waals surface area contributed by atoms with Crippen molar-refractivity contribution in [3.05, 3.63) is 23.0 Å². The smallest absolute Gasteiger partial charge is 0.402 e. The van der Waals surface area contributed by atoms with Crippen LogP contribution in [0.25, 0.3) is 0 Å². The Balaban J connectivity index is 3.34. The number of aromatic nitrogens is 1. The number of ether oxygens (including phenoxy) is 1. The molecule has 0 saturated heterocycles. The molecule has 0 spiro atoms. The molecule has 0 aliphatic carbocycles. The van der Waals surface area contributed by atoms with Crippen LogP contribution in [-0.4, -0.2) is 11.3 Å². The maximum Gasteiger partial charge on any atom is 0.573 e. The molecule has 17 heavy (non-hydrogen) atoms. The van der Waals surface area contributed by atoms with E-state index in [-0.39, 0.29) is 0 Å². The van der Waals surface area contributed by atoms with Crippen molar-refractivity contribution in [1.82, 2.24) is 4.98 Å². The van der Waals surface area contributed by atoms with Gasteiger partial charge in [0.1, 0.15) is 6.07 Å². The molecule has 0 bridgehead atoms. The van der Waals surface area contributed by atoms with Crippen molar-refractivity contribution in [2.24, 2.45) is 0 Å². The first-order valence-electron chi connectivity index (χ1n) is 4.19. The second kappa shape index (κ2) is 4.53. The van der Waals surface area contributed by atoms with Gasteiger partial charge in [0.2, 0.25) is 0 Å². The zero-order valence-electron chi connectivity index (χ0n) is 8.35. The molecule has 1 heterocycles. The topological polar surface area (TPSA) is 45.9 Å². The van der Waals surface area contributed by atoms with Crippen molar-refractivity contribution in [2.45, 2.75) is 19.7 Å². The first-order valence-corrected chi connectivity index (χ1v) is 4.19. The van der Waals surface area contributed by atoms with Crippen LogP contribution in [0, 0.1) is 18.3 Å². The molecule has 0 radical (unpaired) electrons. The lowest BCUT2D eigenvalue weighted by Gasteiger charge is -2.14. The Kier molecular flexibility index (Phi) is 3.50. The van der Waals surface area contributed by atoms with Crippen LogP contribution in [0.4, 0.5) is 22.0 Å². The Morgan fingerprint density at radius 2 is 2.00 bits per heavy atom. The summed E-state index contributed by atoms with van der Waals surface area (Å²) in [5.41, 5.74) is -1.85. The molecule has 0 aromatic carbocycles. The summed E-state index contributed by atoms with van der Waals surface area (Å²) in [6.07, 6.45) is -7.41. The van der Waals surface area contributed by atoms with E-state index >= 15 is 0 Å². The zero-order valence-corrected chi connectivity index (χ0v) is 8.35. The van der Waals surface area contributed by atoms with Gasteiger partial charge in [0.25, 0.3) is 6.43 Å². The molecule has 0 aliphatic heterocycles. The average molecular weight is 252 g/mol. The Bertz CT molecular complexity index is 464. The maximum atomic E-state index is 12.4. The third kappa shape index (κ3) is 3.03. The summed E-state index contributed by atoms with van der Waals surface area (Å²) in [6.45, 7) is 1.01.